The molecule has 0 saturated carbocycles. The molecule has 1 aromatic heterocycles. The Labute approximate surface area is 88.1 Å². The molecule has 0 radical (unpaired) electrons. The molecule has 0 aliphatic carbocycles. The number of aromatic nitrogens is 1. The highest BCUT2D eigenvalue weighted by atomic mass is 19.4. The van der Waals surface area contributed by atoms with Gasteiger partial charge in [0.15, 0.2) is 5.75 Å². The molecule has 0 aromatic carbocycles. The van der Waals surface area contributed by atoms with E-state index in [0.717, 1.165) is 13.2 Å². The average Bonchev–Trinajstić information content (AvgIpc) is 2.18. The second-order valence-electron chi connectivity index (χ2n) is 2.69. The van der Waals surface area contributed by atoms with Crippen molar-refractivity contribution in [2.45, 2.75) is 13.0 Å². The zero-order valence-electron chi connectivity index (χ0n) is 8.08. The number of nitrogens with zero attached hydrogens (tertiary/aromatic N) is 1. The molecule has 0 aliphatic rings. The van der Waals surface area contributed by atoms with Crippen molar-refractivity contribution in [2.24, 2.45) is 0 Å². The third-order valence-electron chi connectivity index (χ3n) is 1.58. The molecule has 16 heavy (non-hydrogen) atoms. The van der Waals surface area contributed by atoms with Gasteiger partial charge < -0.3 is 19.7 Å². The number of pyridine rings is 1. The van der Waals surface area contributed by atoms with E-state index in [2.05, 4.69) is 14.5 Å². The predicted octanol–water partition coefficient (Wildman–Crippen LogP) is 1.19. The van der Waals surface area contributed by atoms with Gasteiger partial charge in [0.2, 0.25) is 5.88 Å². The minimum atomic E-state index is -4.96. The average molecular weight is 239 g/mol. The molecular weight excluding hydrogens is 231 g/mol. The molecule has 8 heteroatoms. The molecular formula is C8H8F3NO4. The lowest BCUT2D eigenvalue weighted by molar-refractivity contribution is -0.276. The molecule has 1 rings (SSSR count). The molecule has 1 aromatic rings. The first-order chi connectivity index (χ1) is 7.37. The second-order valence-corrected chi connectivity index (χ2v) is 2.69. The van der Waals surface area contributed by atoms with Crippen LogP contribution in [0.25, 0.3) is 0 Å². The van der Waals surface area contributed by atoms with Crippen molar-refractivity contribution >= 4 is 0 Å². The monoisotopic (exact) mass is 239 g/mol. The summed E-state index contributed by atoms with van der Waals surface area (Å²) in [5.74, 6) is -2.11. The third-order valence-corrected chi connectivity index (χ3v) is 1.58. The molecule has 0 unspecified atom stereocenters. The Kier molecular flexibility index (Phi) is 3.43. The fourth-order valence-electron chi connectivity index (χ4n) is 0.985. The number of methoxy groups -OCH3 is 1. The van der Waals surface area contributed by atoms with Gasteiger partial charge in [0.25, 0.3) is 5.88 Å². The highest BCUT2D eigenvalue weighted by Crippen LogP contribution is 2.33. The number of rotatable bonds is 3. The van der Waals surface area contributed by atoms with Crippen LogP contribution in [-0.2, 0) is 6.61 Å². The third kappa shape index (κ3) is 2.89. The number of halogens is 3. The number of ether oxygens (including phenoxy) is 2. The normalized spacial score (nSPS) is 11.3. The summed E-state index contributed by atoms with van der Waals surface area (Å²) in [4.78, 5) is 3.27. The van der Waals surface area contributed by atoms with Gasteiger partial charge in [0, 0.05) is 5.56 Å². The van der Waals surface area contributed by atoms with E-state index in [0.29, 0.717) is 0 Å². The van der Waals surface area contributed by atoms with Gasteiger partial charge >= 0.3 is 6.36 Å². The van der Waals surface area contributed by atoms with Gasteiger partial charge in [0.05, 0.1) is 13.7 Å². The zero-order valence-corrected chi connectivity index (χ0v) is 8.08. The SMILES string of the molecule is COc1nc(OC(F)(F)F)c(O)cc1CO. The summed E-state index contributed by atoms with van der Waals surface area (Å²) in [6, 6.07) is 0.882. The molecule has 0 aliphatic heterocycles. The van der Waals surface area contributed by atoms with Crippen LogP contribution in [0, 0.1) is 0 Å². The molecule has 0 amide bonds. The Morgan fingerprint density at radius 1 is 1.38 bits per heavy atom. The van der Waals surface area contributed by atoms with Crippen molar-refractivity contribution in [1.82, 2.24) is 4.98 Å². The molecule has 90 valence electrons. The molecule has 0 fully saturated rings. The van der Waals surface area contributed by atoms with Crippen LogP contribution in [0.1, 0.15) is 5.56 Å². The lowest BCUT2D eigenvalue weighted by Gasteiger charge is -2.12. The van der Waals surface area contributed by atoms with Crippen molar-refractivity contribution < 1.29 is 32.9 Å². The highest BCUT2D eigenvalue weighted by molar-refractivity contribution is 5.41. The summed E-state index contributed by atoms with van der Waals surface area (Å²) in [5, 5.41) is 18.0. The van der Waals surface area contributed by atoms with Crippen LogP contribution in [0.3, 0.4) is 0 Å². The van der Waals surface area contributed by atoms with Gasteiger partial charge in [-0.05, 0) is 6.07 Å². The topological polar surface area (TPSA) is 71.8 Å². The maximum absolute atomic E-state index is 11.9. The van der Waals surface area contributed by atoms with Gasteiger partial charge in [-0.1, -0.05) is 0 Å². The quantitative estimate of drug-likeness (QED) is 0.828. The Bertz CT molecular complexity index is 380. The Morgan fingerprint density at radius 2 is 2.00 bits per heavy atom. The first-order valence-electron chi connectivity index (χ1n) is 4.01. The Balaban J connectivity index is 3.11. The summed E-state index contributed by atoms with van der Waals surface area (Å²) >= 11 is 0. The van der Waals surface area contributed by atoms with Crippen LogP contribution in [0.2, 0.25) is 0 Å². The van der Waals surface area contributed by atoms with Crippen LogP contribution < -0.4 is 9.47 Å². The number of hydrogen-bond donors (Lipinski definition) is 2. The number of aliphatic hydroxyl groups excluding tert-OH is 1. The van der Waals surface area contributed by atoms with E-state index in [-0.39, 0.29) is 11.4 Å². The van der Waals surface area contributed by atoms with Gasteiger partial charge in [0.1, 0.15) is 0 Å². The standard InChI is InChI=1S/C8H8F3NO4/c1-15-6-4(3-13)2-5(14)7(12-6)16-8(9,10)11/h2,13-14H,3H2,1H3. The van der Waals surface area contributed by atoms with Crippen molar-refractivity contribution in [3.05, 3.63) is 11.6 Å². The smallest absolute Gasteiger partial charge is 0.503 e. The Morgan fingerprint density at radius 3 is 2.44 bits per heavy atom. The van der Waals surface area contributed by atoms with E-state index in [1.54, 1.807) is 0 Å². The van der Waals surface area contributed by atoms with Crippen molar-refractivity contribution in [2.75, 3.05) is 7.11 Å². The van der Waals surface area contributed by atoms with Crippen LogP contribution in [-0.4, -0.2) is 28.7 Å². The number of aliphatic hydroxyl groups is 1. The largest absolute Gasteiger partial charge is 0.574 e. The van der Waals surface area contributed by atoms with Gasteiger partial charge in [-0.15, -0.1) is 13.2 Å². The minimum Gasteiger partial charge on any atom is -0.503 e. The highest BCUT2D eigenvalue weighted by Gasteiger charge is 2.33. The van der Waals surface area contributed by atoms with E-state index >= 15 is 0 Å². The molecule has 0 bridgehead atoms. The fraction of sp³-hybridized carbons (Fsp3) is 0.375. The molecule has 0 atom stereocenters. The van der Waals surface area contributed by atoms with E-state index in [4.69, 9.17) is 10.2 Å². The maximum atomic E-state index is 11.9. The summed E-state index contributed by atoms with van der Waals surface area (Å²) in [6.07, 6.45) is -4.96. The number of alkyl halides is 3. The lowest BCUT2D eigenvalue weighted by Crippen LogP contribution is -2.18. The van der Waals surface area contributed by atoms with Gasteiger partial charge in [-0.25, -0.2) is 0 Å². The molecule has 0 spiro atoms. The zero-order chi connectivity index (χ0) is 12.3. The lowest BCUT2D eigenvalue weighted by atomic mass is 10.2. The Hall–Kier alpha value is -1.70. The summed E-state index contributed by atoms with van der Waals surface area (Å²) in [7, 11) is 1.16. The van der Waals surface area contributed by atoms with Gasteiger partial charge in [-0.3, -0.25) is 0 Å². The van der Waals surface area contributed by atoms with E-state index in [1.165, 1.54) is 0 Å². The molecule has 5 nitrogen and oxygen atoms in total. The first kappa shape index (κ1) is 12.4. The van der Waals surface area contributed by atoms with Crippen LogP contribution in [0.15, 0.2) is 6.07 Å². The van der Waals surface area contributed by atoms with Crippen molar-refractivity contribution in [3.8, 4) is 17.5 Å². The van der Waals surface area contributed by atoms with Crippen molar-refractivity contribution in [1.29, 1.82) is 0 Å². The summed E-state index contributed by atoms with van der Waals surface area (Å²) in [6.45, 7) is -0.532. The van der Waals surface area contributed by atoms with Crippen LogP contribution >= 0.6 is 0 Å². The van der Waals surface area contributed by atoms with E-state index < -0.39 is 24.6 Å². The second kappa shape index (κ2) is 4.44. The minimum absolute atomic E-state index is 0.0505. The van der Waals surface area contributed by atoms with Crippen LogP contribution in [0.4, 0.5) is 13.2 Å². The maximum Gasteiger partial charge on any atom is 0.574 e. The summed E-state index contributed by atoms with van der Waals surface area (Å²) in [5.41, 5.74) is 0.0505. The molecule has 0 saturated heterocycles. The molecule has 2 N–H and O–H groups in total. The van der Waals surface area contributed by atoms with E-state index in [9.17, 15) is 13.2 Å². The van der Waals surface area contributed by atoms with E-state index in [1.807, 2.05) is 0 Å². The van der Waals surface area contributed by atoms with Gasteiger partial charge in [-0.2, -0.15) is 4.98 Å². The number of hydrogen-bond acceptors (Lipinski definition) is 5. The molecule has 1 heterocycles. The van der Waals surface area contributed by atoms with Crippen molar-refractivity contribution in [3.63, 3.8) is 0 Å². The summed E-state index contributed by atoms with van der Waals surface area (Å²) < 4.78 is 43.7. The van der Waals surface area contributed by atoms with Crippen LogP contribution in [0.5, 0.6) is 17.5 Å². The number of aromatic hydroxyl groups is 1. The predicted molar refractivity (Wildman–Crippen MR) is 45.1 cm³/mol. The first-order valence-corrected chi connectivity index (χ1v) is 4.01. The fourth-order valence-corrected chi connectivity index (χ4v) is 0.985.